The third-order valence-electron chi connectivity index (χ3n) is 12.1. The van der Waals surface area contributed by atoms with Crippen LogP contribution in [0.15, 0.2) is 16.8 Å². The largest absolute Gasteiger partial charge is 0.436 e. The number of hydrogen-bond acceptors (Lipinski definition) is 6. The number of hydrogen-bond donors (Lipinski definition) is 1. The standard InChI is InChI=1S/C33H51FN4O4/c1-21(36-42-31(41)38(19-17-34)18-14-23-7-11-29(35-23)30(40)37(4)5)26-9-10-27-25-8-6-22-20-24(39)12-15-32(22,2)28(25)13-16-33(26,27)3/h20,23,25-29,35H,6-19H2,1-5H3/b36-21+/t23?,25-,26+,27-,28-,29?,32-,33+/m0/s1. The quantitative estimate of drug-likeness (QED) is 0.230. The molecule has 8 nitrogen and oxygen atoms in total. The van der Waals surface area contributed by atoms with Crippen molar-refractivity contribution in [2.24, 2.45) is 39.7 Å². The molecule has 0 radical (unpaired) electrons. The van der Waals surface area contributed by atoms with Crippen molar-refractivity contribution >= 4 is 23.5 Å². The number of likely N-dealkylation sites (N-methyl/N-ethyl adjacent to an activating group) is 1. The lowest BCUT2D eigenvalue weighted by Crippen LogP contribution is -2.51. The molecular formula is C33H51FN4O4. The Morgan fingerprint density at radius 3 is 2.57 bits per heavy atom. The Labute approximate surface area is 250 Å². The van der Waals surface area contributed by atoms with E-state index in [2.05, 4.69) is 24.3 Å². The first-order valence-electron chi connectivity index (χ1n) is 16.3. The van der Waals surface area contributed by atoms with Gasteiger partial charge in [0.15, 0.2) is 5.78 Å². The second-order valence-corrected chi connectivity index (χ2v) is 14.4. The molecule has 0 spiro atoms. The molecule has 5 aliphatic rings. The summed E-state index contributed by atoms with van der Waals surface area (Å²) >= 11 is 0. The third kappa shape index (κ3) is 5.79. The normalized spacial score (nSPS) is 37.8. The van der Waals surface area contributed by atoms with Gasteiger partial charge in [-0.25, -0.2) is 9.18 Å². The summed E-state index contributed by atoms with van der Waals surface area (Å²) in [5, 5.41) is 7.72. The van der Waals surface area contributed by atoms with Gasteiger partial charge in [0.25, 0.3) is 0 Å². The van der Waals surface area contributed by atoms with Crippen molar-refractivity contribution in [3.05, 3.63) is 11.6 Å². The summed E-state index contributed by atoms with van der Waals surface area (Å²) in [6, 6.07) is -0.0976. The van der Waals surface area contributed by atoms with E-state index in [1.165, 1.54) is 16.9 Å². The van der Waals surface area contributed by atoms with E-state index in [0.29, 0.717) is 42.9 Å². The number of nitrogens with one attached hydrogen (secondary N) is 1. The Morgan fingerprint density at radius 1 is 1.05 bits per heavy atom. The number of rotatable bonds is 8. The molecule has 1 aliphatic heterocycles. The van der Waals surface area contributed by atoms with Crippen LogP contribution in [-0.4, -0.2) is 79.2 Å². The van der Waals surface area contributed by atoms with Gasteiger partial charge in [-0.05, 0) is 106 Å². The topological polar surface area (TPSA) is 91.3 Å². The summed E-state index contributed by atoms with van der Waals surface area (Å²) in [4.78, 5) is 45.8. The Bertz CT molecular complexity index is 1120. The monoisotopic (exact) mass is 586 g/mol. The molecule has 42 heavy (non-hydrogen) atoms. The van der Waals surface area contributed by atoms with E-state index in [9.17, 15) is 18.8 Å². The number of ketones is 1. The van der Waals surface area contributed by atoms with Crippen LogP contribution in [0.1, 0.15) is 91.4 Å². The molecule has 5 rings (SSSR count). The number of oxime groups is 1. The van der Waals surface area contributed by atoms with Crippen LogP contribution in [0.25, 0.3) is 0 Å². The van der Waals surface area contributed by atoms with Crippen molar-refractivity contribution in [3.63, 3.8) is 0 Å². The minimum Gasteiger partial charge on any atom is -0.347 e. The predicted molar refractivity (Wildman–Crippen MR) is 161 cm³/mol. The summed E-state index contributed by atoms with van der Waals surface area (Å²) in [5.74, 6) is 2.53. The highest BCUT2D eigenvalue weighted by Crippen LogP contribution is 2.66. The molecule has 9 heteroatoms. The lowest BCUT2D eigenvalue weighted by molar-refractivity contribution is -0.130. The van der Waals surface area contributed by atoms with Crippen molar-refractivity contribution in [2.45, 2.75) is 103 Å². The van der Waals surface area contributed by atoms with E-state index in [0.717, 1.165) is 57.1 Å². The Morgan fingerprint density at radius 2 is 1.83 bits per heavy atom. The molecule has 8 atom stereocenters. The van der Waals surface area contributed by atoms with Gasteiger partial charge in [-0.3, -0.25) is 14.4 Å². The van der Waals surface area contributed by atoms with E-state index >= 15 is 0 Å². The average Bonchev–Trinajstić information content (AvgIpc) is 3.58. The van der Waals surface area contributed by atoms with Crippen LogP contribution in [0, 0.1) is 34.5 Å². The number of carbonyl (C=O) groups excluding carboxylic acids is 3. The van der Waals surface area contributed by atoms with Crippen LogP contribution in [0.3, 0.4) is 0 Å². The van der Waals surface area contributed by atoms with E-state index in [4.69, 9.17) is 4.84 Å². The van der Waals surface area contributed by atoms with Crippen molar-refractivity contribution in [3.8, 4) is 0 Å². The van der Waals surface area contributed by atoms with Crippen molar-refractivity contribution in [1.82, 2.24) is 15.1 Å². The maximum atomic E-state index is 13.4. The van der Waals surface area contributed by atoms with Gasteiger partial charge in [0.2, 0.25) is 5.91 Å². The fourth-order valence-electron chi connectivity index (χ4n) is 9.74. The van der Waals surface area contributed by atoms with Gasteiger partial charge in [-0.1, -0.05) is 24.6 Å². The fraction of sp³-hybridized carbons (Fsp3) is 0.818. The molecule has 3 saturated carbocycles. The Hall–Kier alpha value is -2.29. The number of amides is 2. The number of carbonyl (C=O) groups is 3. The zero-order valence-electron chi connectivity index (χ0n) is 26.3. The highest BCUT2D eigenvalue weighted by molar-refractivity contribution is 5.91. The van der Waals surface area contributed by atoms with E-state index in [-0.39, 0.29) is 41.3 Å². The van der Waals surface area contributed by atoms with E-state index in [1.807, 2.05) is 13.0 Å². The second-order valence-electron chi connectivity index (χ2n) is 14.4. The van der Waals surface area contributed by atoms with Crippen LogP contribution in [0.4, 0.5) is 9.18 Å². The molecule has 0 bridgehead atoms. The molecule has 234 valence electrons. The average molecular weight is 587 g/mol. The molecule has 0 aromatic heterocycles. The first kappa shape index (κ1) is 31.1. The lowest BCUT2D eigenvalue weighted by atomic mass is 9.46. The Kier molecular flexibility index (Phi) is 9.17. The van der Waals surface area contributed by atoms with E-state index in [1.54, 1.807) is 19.0 Å². The number of fused-ring (bicyclic) bond motifs is 5. The molecule has 2 unspecified atom stereocenters. The Balaban J connectivity index is 1.18. The van der Waals surface area contributed by atoms with Crippen molar-refractivity contribution in [2.75, 3.05) is 33.9 Å². The third-order valence-corrected chi connectivity index (χ3v) is 12.1. The SMILES string of the molecule is C/C(=N\OC(=O)N(CCF)CCC1CCC(C(=O)N(C)C)N1)[C@H]1CC[C@H]2[C@@H]3CCC4=CC(=O)CC[C@]4(C)[C@H]3CC[C@]12C. The smallest absolute Gasteiger partial charge is 0.347 e. The molecule has 4 aliphatic carbocycles. The molecule has 0 aromatic rings. The van der Waals surface area contributed by atoms with Crippen molar-refractivity contribution < 1.29 is 23.6 Å². The summed E-state index contributed by atoms with van der Waals surface area (Å²) < 4.78 is 13.4. The predicted octanol–water partition coefficient (Wildman–Crippen LogP) is 5.52. The zero-order chi connectivity index (χ0) is 30.2. The van der Waals surface area contributed by atoms with Crippen LogP contribution in [0.5, 0.6) is 0 Å². The van der Waals surface area contributed by atoms with Gasteiger partial charge in [0.1, 0.15) is 6.67 Å². The molecule has 1 N–H and O–H groups in total. The van der Waals surface area contributed by atoms with Gasteiger partial charge in [0, 0.05) is 39.0 Å². The van der Waals surface area contributed by atoms with Gasteiger partial charge < -0.3 is 15.1 Å². The molecular weight excluding hydrogens is 535 g/mol. The number of nitrogens with zero attached hydrogens (tertiary/aromatic N) is 3. The maximum Gasteiger partial charge on any atom is 0.436 e. The number of alkyl halides is 1. The highest BCUT2D eigenvalue weighted by Gasteiger charge is 2.59. The minimum atomic E-state index is -0.646. The first-order chi connectivity index (χ1) is 20.0. The van der Waals surface area contributed by atoms with Crippen LogP contribution >= 0.6 is 0 Å². The summed E-state index contributed by atoms with van der Waals surface area (Å²) in [7, 11) is 3.50. The molecule has 0 aromatic carbocycles. The molecule has 4 fully saturated rings. The molecule has 1 heterocycles. The van der Waals surface area contributed by atoms with E-state index < -0.39 is 12.8 Å². The molecule has 1 saturated heterocycles. The van der Waals surface area contributed by atoms with Crippen LogP contribution in [-0.2, 0) is 14.4 Å². The first-order valence-corrected chi connectivity index (χ1v) is 16.3. The van der Waals surface area contributed by atoms with Gasteiger partial charge in [-0.15, -0.1) is 0 Å². The second kappa shape index (κ2) is 12.4. The summed E-state index contributed by atoms with van der Waals surface area (Å²) in [6.45, 7) is 6.49. The van der Waals surface area contributed by atoms with Crippen molar-refractivity contribution in [1.29, 1.82) is 0 Å². The molecule has 2 amide bonds. The maximum absolute atomic E-state index is 13.4. The van der Waals surface area contributed by atoms with Crippen LogP contribution in [0.2, 0.25) is 0 Å². The summed E-state index contributed by atoms with van der Waals surface area (Å²) in [6.07, 6.45) is 12.0. The lowest BCUT2D eigenvalue weighted by Gasteiger charge is -2.58. The van der Waals surface area contributed by atoms with Crippen LogP contribution < -0.4 is 5.32 Å². The number of halogens is 1. The fourth-order valence-corrected chi connectivity index (χ4v) is 9.74. The minimum absolute atomic E-state index is 0.0345. The van der Waals surface area contributed by atoms with Gasteiger partial charge in [0.05, 0.1) is 18.3 Å². The van der Waals surface area contributed by atoms with Gasteiger partial charge in [-0.2, -0.15) is 0 Å². The highest BCUT2D eigenvalue weighted by atomic mass is 19.1. The zero-order valence-corrected chi connectivity index (χ0v) is 26.3. The van der Waals surface area contributed by atoms with Gasteiger partial charge >= 0.3 is 6.09 Å². The number of allylic oxidation sites excluding steroid dienone is 1. The summed E-state index contributed by atoms with van der Waals surface area (Å²) in [5.41, 5.74) is 2.54.